The van der Waals surface area contributed by atoms with Crippen molar-refractivity contribution in [3.05, 3.63) is 12.2 Å². The number of aliphatic hydroxyl groups is 1. The van der Waals surface area contributed by atoms with Crippen LogP contribution in [0.4, 0.5) is 0 Å². The smallest absolute Gasteiger partial charge is 0.162 e. The molecule has 0 fully saturated rings. The first-order valence-corrected chi connectivity index (χ1v) is 4.48. The molecule has 0 unspecified atom stereocenters. The predicted octanol–water partition coefficient (Wildman–Crippen LogP) is 1.71. The number of ether oxygens (including phenoxy) is 2. The first-order chi connectivity index (χ1) is 6.02. The fourth-order valence-corrected chi connectivity index (χ4v) is 0.778. The molecule has 0 saturated heterocycles. The molecule has 0 atom stereocenters. The molecule has 1 N–H and O–H groups in total. The van der Waals surface area contributed by atoms with Crippen LogP contribution in [0.25, 0.3) is 0 Å². The van der Waals surface area contributed by atoms with E-state index in [1.165, 1.54) is 0 Å². The zero-order valence-electron chi connectivity index (χ0n) is 8.80. The van der Waals surface area contributed by atoms with Crippen LogP contribution in [0.2, 0.25) is 0 Å². The van der Waals surface area contributed by atoms with Gasteiger partial charge in [0.2, 0.25) is 0 Å². The van der Waals surface area contributed by atoms with Crippen LogP contribution in [-0.4, -0.2) is 31.2 Å². The number of rotatable bonds is 7. The molecule has 0 heterocycles. The molecule has 0 aromatic carbocycles. The van der Waals surface area contributed by atoms with E-state index < -0.39 is 5.79 Å². The molecule has 0 amide bonds. The van der Waals surface area contributed by atoms with E-state index >= 15 is 0 Å². The van der Waals surface area contributed by atoms with Gasteiger partial charge in [0.25, 0.3) is 0 Å². The molecular weight excluding hydrogens is 168 g/mol. The van der Waals surface area contributed by atoms with Crippen molar-refractivity contribution < 1.29 is 14.6 Å². The van der Waals surface area contributed by atoms with Crippen molar-refractivity contribution in [1.82, 2.24) is 0 Å². The summed E-state index contributed by atoms with van der Waals surface area (Å²) in [5.74, 6) is -0.513. The maximum absolute atomic E-state index is 8.68. The third-order valence-electron chi connectivity index (χ3n) is 1.84. The number of hydrogen-bond donors (Lipinski definition) is 1. The summed E-state index contributed by atoms with van der Waals surface area (Å²) in [6.45, 7) is 8.12. The van der Waals surface area contributed by atoms with Crippen LogP contribution in [0.5, 0.6) is 0 Å². The van der Waals surface area contributed by atoms with E-state index in [1.54, 1.807) is 7.11 Å². The Morgan fingerprint density at radius 3 is 2.54 bits per heavy atom. The molecule has 0 aliphatic carbocycles. The molecule has 0 rings (SSSR count). The average Bonchev–Trinajstić information content (AvgIpc) is 2.12. The first-order valence-electron chi connectivity index (χ1n) is 4.48. The highest BCUT2D eigenvalue weighted by atomic mass is 16.7. The summed E-state index contributed by atoms with van der Waals surface area (Å²) in [5, 5.41) is 8.68. The Balaban J connectivity index is 3.41. The molecule has 0 aromatic heterocycles. The van der Waals surface area contributed by atoms with Crippen molar-refractivity contribution in [3.63, 3.8) is 0 Å². The third-order valence-corrected chi connectivity index (χ3v) is 1.84. The Morgan fingerprint density at radius 1 is 1.46 bits per heavy atom. The van der Waals surface area contributed by atoms with Crippen LogP contribution in [0.1, 0.15) is 26.7 Å². The SMILES string of the molecule is C=C(CO)CCCOC(C)(C)OC. The minimum absolute atomic E-state index is 0.0632. The van der Waals surface area contributed by atoms with Gasteiger partial charge in [-0.3, -0.25) is 0 Å². The van der Waals surface area contributed by atoms with E-state index in [9.17, 15) is 0 Å². The lowest BCUT2D eigenvalue weighted by atomic mass is 10.2. The molecular formula is C10H20O3. The maximum atomic E-state index is 8.68. The van der Waals surface area contributed by atoms with E-state index in [-0.39, 0.29) is 6.61 Å². The number of hydrogen-bond acceptors (Lipinski definition) is 3. The maximum Gasteiger partial charge on any atom is 0.162 e. The van der Waals surface area contributed by atoms with Crippen LogP contribution >= 0.6 is 0 Å². The van der Waals surface area contributed by atoms with Crippen LogP contribution in [0.3, 0.4) is 0 Å². The van der Waals surface area contributed by atoms with Gasteiger partial charge in [0.15, 0.2) is 5.79 Å². The van der Waals surface area contributed by atoms with Crippen LogP contribution < -0.4 is 0 Å². The lowest BCUT2D eigenvalue weighted by Crippen LogP contribution is -2.27. The molecule has 3 nitrogen and oxygen atoms in total. The van der Waals surface area contributed by atoms with Gasteiger partial charge in [-0.1, -0.05) is 12.2 Å². The zero-order valence-corrected chi connectivity index (χ0v) is 8.80. The van der Waals surface area contributed by atoms with Crippen molar-refractivity contribution in [2.45, 2.75) is 32.5 Å². The minimum atomic E-state index is -0.513. The molecule has 0 radical (unpaired) electrons. The second-order valence-corrected chi connectivity index (χ2v) is 3.46. The molecule has 0 aromatic rings. The quantitative estimate of drug-likeness (QED) is 0.375. The molecule has 0 saturated carbocycles. The van der Waals surface area contributed by atoms with Crippen molar-refractivity contribution in [2.75, 3.05) is 20.3 Å². The Kier molecular flexibility index (Phi) is 5.95. The monoisotopic (exact) mass is 188 g/mol. The molecule has 78 valence electrons. The Labute approximate surface area is 80.4 Å². The highest BCUT2D eigenvalue weighted by Gasteiger charge is 2.15. The summed E-state index contributed by atoms with van der Waals surface area (Å²) in [4.78, 5) is 0. The standard InChI is InChI=1S/C10H20O3/c1-9(8-11)6-5-7-13-10(2,3)12-4/h11H,1,5-8H2,2-4H3. The molecule has 0 spiro atoms. The summed E-state index contributed by atoms with van der Waals surface area (Å²) in [7, 11) is 1.62. The van der Waals surface area contributed by atoms with Crippen molar-refractivity contribution in [3.8, 4) is 0 Å². The summed E-state index contributed by atoms with van der Waals surface area (Å²) in [5.41, 5.74) is 0.846. The van der Waals surface area contributed by atoms with Gasteiger partial charge in [0, 0.05) is 7.11 Å². The van der Waals surface area contributed by atoms with E-state index in [0.29, 0.717) is 6.61 Å². The van der Waals surface area contributed by atoms with Gasteiger partial charge in [-0.2, -0.15) is 0 Å². The second kappa shape index (κ2) is 6.13. The lowest BCUT2D eigenvalue weighted by molar-refractivity contribution is -0.197. The molecule has 0 aliphatic rings. The molecule has 0 aliphatic heterocycles. The molecule has 0 bridgehead atoms. The topological polar surface area (TPSA) is 38.7 Å². The van der Waals surface area contributed by atoms with E-state index in [2.05, 4.69) is 6.58 Å². The Hall–Kier alpha value is -0.380. The van der Waals surface area contributed by atoms with Gasteiger partial charge in [0.05, 0.1) is 13.2 Å². The average molecular weight is 188 g/mol. The van der Waals surface area contributed by atoms with Crippen molar-refractivity contribution >= 4 is 0 Å². The van der Waals surface area contributed by atoms with Gasteiger partial charge in [0.1, 0.15) is 0 Å². The summed E-state index contributed by atoms with van der Waals surface area (Å²) < 4.78 is 10.5. The fourth-order valence-electron chi connectivity index (χ4n) is 0.778. The van der Waals surface area contributed by atoms with E-state index in [1.807, 2.05) is 13.8 Å². The van der Waals surface area contributed by atoms with E-state index in [0.717, 1.165) is 18.4 Å². The molecule has 3 heteroatoms. The number of aliphatic hydroxyl groups excluding tert-OH is 1. The van der Waals surface area contributed by atoms with Crippen LogP contribution in [0, 0.1) is 0 Å². The van der Waals surface area contributed by atoms with Crippen LogP contribution in [-0.2, 0) is 9.47 Å². The van der Waals surface area contributed by atoms with Crippen molar-refractivity contribution in [2.24, 2.45) is 0 Å². The van der Waals surface area contributed by atoms with Gasteiger partial charge in [-0.25, -0.2) is 0 Å². The fraction of sp³-hybridized carbons (Fsp3) is 0.800. The summed E-state index contributed by atoms with van der Waals surface area (Å²) in [6.07, 6.45) is 1.67. The van der Waals surface area contributed by atoms with Gasteiger partial charge in [-0.05, 0) is 26.7 Å². The minimum Gasteiger partial charge on any atom is -0.392 e. The zero-order chi connectivity index (χ0) is 10.3. The second-order valence-electron chi connectivity index (χ2n) is 3.46. The van der Waals surface area contributed by atoms with Gasteiger partial charge in [-0.15, -0.1) is 0 Å². The Morgan fingerprint density at radius 2 is 2.08 bits per heavy atom. The summed E-state index contributed by atoms with van der Waals surface area (Å²) in [6, 6.07) is 0. The van der Waals surface area contributed by atoms with Gasteiger partial charge < -0.3 is 14.6 Å². The largest absolute Gasteiger partial charge is 0.392 e. The van der Waals surface area contributed by atoms with Crippen molar-refractivity contribution in [1.29, 1.82) is 0 Å². The number of methoxy groups -OCH3 is 1. The normalized spacial score (nSPS) is 11.7. The van der Waals surface area contributed by atoms with Crippen LogP contribution in [0.15, 0.2) is 12.2 Å². The first kappa shape index (κ1) is 12.6. The van der Waals surface area contributed by atoms with E-state index in [4.69, 9.17) is 14.6 Å². The Bertz CT molecular complexity index is 152. The lowest BCUT2D eigenvalue weighted by Gasteiger charge is -2.23. The molecule has 13 heavy (non-hydrogen) atoms. The summed E-state index contributed by atoms with van der Waals surface area (Å²) >= 11 is 0. The highest BCUT2D eigenvalue weighted by Crippen LogP contribution is 2.11. The van der Waals surface area contributed by atoms with Gasteiger partial charge >= 0.3 is 0 Å². The highest BCUT2D eigenvalue weighted by molar-refractivity contribution is 4.92. The predicted molar refractivity (Wildman–Crippen MR) is 52.5 cm³/mol. The third kappa shape index (κ3) is 6.75.